The topological polar surface area (TPSA) is 56.7 Å². The molecule has 18 rings (SSSR count). The molecule has 0 aliphatic carbocycles. The highest BCUT2D eigenvalue weighted by atomic mass is 32.1. The van der Waals surface area contributed by atoms with E-state index in [1.54, 1.807) is 34.0 Å². The molecule has 0 aliphatic heterocycles. The minimum Gasteiger partial charge on any atom is -0.310 e. The van der Waals surface area contributed by atoms with Crippen molar-refractivity contribution in [2.75, 3.05) is 4.90 Å². The molecule has 0 amide bonds. The summed E-state index contributed by atoms with van der Waals surface area (Å²) >= 11 is 5.22. The number of anilines is 3. The highest BCUT2D eigenvalue weighted by Gasteiger charge is 2.25. The summed E-state index contributed by atoms with van der Waals surface area (Å²) in [6.07, 6.45) is 0. The summed E-state index contributed by atoms with van der Waals surface area (Å²) in [6, 6.07) is 99.0. The molecule has 12 aromatic carbocycles. The number of thiazole rings is 3. The molecule has 0 bridgehead atoms. The Labute approximate surface area is 499 Å². The zero-order chi connectivity index (χ0) is 55.7. The van der Waals surface area contributed by atoms with Crippen LogP contribution in [0, 0.1) is 0 Å². The second kappa shape index (κ2) is 19.0. The van der Waals surface area contributed by atoms with Gasteiger partial charge in [0, 0.05) is 66.1 Å². The lowest BCUT2D eigenvalue weighted by atomic mass is 10.1. The monoisotopic (exact) mass is 1140 g/mol. The lowest BCUT2D eigenvalue weighted by molar-refractivity contribution is 1.17. The molecule has 0 atom stereocenters. The van der Waals surface area contributed by atoms with Gasteiger partial charge in [0.25, 0.3) is 0 Å². The van der Waals surface area contributed by atoms with Crippen molar-refractivity contribution in [3.8, 4) is 48.8 Å². The van der Waals surface area contributed by atoms with E-state index in [0.717, 1.165) is 132 Å². The Balaban J connectivity index is 0.860. The predicted molar refractivity (Wildman–Crippen MR) is 360 cm³/mol. The molecule has 6 aromatic heterocycles. The van der Waals surface area contributed by atoms with Gasteiger partial charge in [0.15, 0.2) is 0 Å². The Morgan fingerprint density at radius 1 is 0.247 bits per heavy atom. The molecule has 0 fully saturated rings. The number of rotatable bonds is 9. The van der Waals surface area contributed by atoms with Gasteiger partial charge < -0.3 is 18.6 Å². The third kappa shape index (κ3) is 7.52. The molecular weight excluding hydrogens is 1100 g/mol. The number of benzene rings is 12. The standard InChI is InChI=1S/C75H45N7S3/c1-10-28-61-49(19-1)55-43-46(37-40-67(55)80(61)64-31-13-4-22-52(64)73-76-58-25-7-16-34-70(58)83-73)79(47-38-41-68-56(44-47)50-20-2-11-29-62(50)81(68)65-32-14-5-23-53(65)74-77-59-26-8-17-35-71(59)84-74)48-39-42-69-57(45-48)51-21-3-12-30-63(51)82(69)66-33-15-6-24-54(66)75-78-60-27-9-18-36-72(60)85-75/h1-45H. The van der Waals surface area contributed by atoms with Gasteiger partial charge in [0.1, 0.15) is 15.0 Å². The van der Waals surface area contributed by atoms with Gasteiger partial charge >= 0.3 is 0 Å². The number of para-hydroxylation sites is 9. The Kier molecular flexibility index (Phi) is 10.8. The van der Waals surface area contributed by atoms with Gasteiger partial charge in [-0.05, 0) is 146 Å². The number of hydrogen-bond acceptors (Lipinski definition) is 7. The number of hydrogen-bond donors (Lipinski definition) is 0. The van der Waals surface area contributed by atoms with E-state index in [4.69, 9.17) is 15.0 Å². The van der Waals surface area contributed by atoms with Crippen LogP contribution in [0.2, 0.25) is 0 Å². The maximum atomic E-state index is 5.18. The van der Waals surface area contributed by atoms with Gasteiger partial charge in [-0.25, -0.2) is 15.0 Å². The van der Waals surface area contributed by atoms with Crippen LogP contribution >= 0.6 is 34.0 Å². The molecule has 0 spiro atoms. The van der Waals surface area contributed by atoms with E-state index in [0.29, 0.717) is 0 Å². The highest BCUT2D eigenvalue weighted by Crippen LogP contribution is 2.47. The number of nitrogens with zero attached hydrogens (tertiary/aromatic N) is 7. The van der Waals surface area contributed by atoms with Crippen molar-refractivity contribution >= 4 is 147 Å². The molecule has 6 heterocycles. The van der Waals surface area contributed by atoms with Gasteiger partial charge in [0.2, 0.25) is 0 Å². The Hall–Kier alpha value is -10.5. The summed E-state index contributed by atoms with van der Waals surface area (Å²) < 4.78 is 10.8. The largest absolute Gasteiger partial charge is 0.310 e. The van der Waals surface area contributed by atoms with Crippen LogP contribution in [0.5, 0.6) is 0 Å². The first-order valence-electron chi connectivity index (χ1n) is 28.4. The predicted octanol–water partition coefficient (Wildman–Crippen LogP) is 21.3. The third-order valence-corrected chi connectivity index (χ3v) is 20.0. The number of aromatic nitrogens is 6. The molecular formula is C75H45N7S3. The van der Waals surface area contributed by atoms with Crippen molar-refractivity contribution in [2.24, 2.45) is 0 Å². The van der Waals surface area contributed by atoms with Crippen LogP contribution in [0.15, 0.2) is 273 Å². The summed E-state index contributed by atoms with van der Waals surface area (Å²) in [5, 5.41) is 10.00. The maximum absolute atomic E-state index is 5.18. The molecule has 0 radical (unpaired) electrons. The smallest absolute Gasteiger partial charge is 0.126 e. The Bertz CT molecular complexity index is 5070. The van der Waals surface area contributed by atoms with Crippen LogP contribution in [0.25, 0.3) is 145 Å². The first-order chi connectivity index (χ1) is 42.1. The average Bonchev–Trinajstić information content (AvgIpc) is 2.28. The zero-order valence-electron chi connectivity index (χ0n) is 45.3. The maximum Gasteiger partial charge on any atom is 0.126 e. The third-order valence-electron chi connectivity index (χ3n) is 16.8. The van der Waals surface area contributed by atoms with Crippen molar-refractivity contribution in [3.63, 3.8) is 0 Å². The Morgan fingerprint density at radius 2 is 0.518 bits per heavy atom. The van der Waals surface area contributed by atoms with Crippen LogP contribution in [-0.2, 0) is 0 Å². The highest BCUT2D eigenvalue weighted by molar-refractivity contribution is 7.22. The molecule has 0 saturated carbocycles. The fourth-order valence-electron chi connectivity index (χ4n) is 13.0. The van der Waals surface area contributed by atoms with Crippen LogP contribution in [0.1, 0.15) is 0 Å². The van der Waals surface area contributed by atoms with Crippen molar-refractivity contribution in [2.45, 2.75) is 0 Å². The van der Waals surface area contributed by atoms with Crippen LogP contribution in [-0.4, -0.2) is 28.7 Å². The van der Waals surface area contributed by atoms with Gasteiger partial charge in [-0.3, -0.25) is 0 Å². The molecule has 85 heavy (non-hydrogen) atoms. The van der Waals surface area contributed by atoms with Crippen molar-refractivity contribution in [1.82, 2.24) is 28.7 Å². The average molecular weight is 1140 g/mol. The van der Waals surface area contributed by atoms with Crippen LogP contribution in [0.3, 0.4) is 0 Å². The molecule has 10 heteroatoms. The zero-order valence-corrected chi connectivity index (χ0v) is 47.8. The van der Waals surface area contributed by atoms with E-state index < -0.39 is 0 Å². The van der Waals surface area contributed by atoms with Crippen LogP contribution in [0.4, 0.5) is 17.1 Å². The van der Waals surface area contributed by atoms with E-state index in [9.17, 15) is 0 Å². The van der Waals surface area contributed by atoms with Gasteiger partial charge in [-0.15, -0.1) is 34.0 Å². The Morgan fingerprint density at radius 3 is 0.847 bits per heavy atom. The summed E-state index contributed by atoms with van der Waals surface area (Å²) in [5.41, 5.74) is 19.5. The summed E-state index contributed by atoms with van der Waals surface area (Å²) in [5.74, 6) is 0. The second-order valence-electron chi connectivity index (χ2n) is 21.5. The first kappa shape index (κ1) is 48.1. The van der Waals surface area contributed by atoms with Crippen molar-refractivity contribution in [1.29, 1.82) is 0 Å². The molecule has 0 saturated heterocycles. The van der Waals surface area contributed by atoms with E-state index in [2.05, 4.69) is 292 Å². The molecule has 0 aliphatic rings. The van der Waals surface area contributed by atoms with Gasteiger partial charge in [-0.2, -0.15) is 0 Å². The van der Waals surface area contributed by atoms with E-state index in [1.165, 1.54) is 30.3 Å². The normalized spacial score (nSPS) is 12.0. The molecule has 18 aromatic rings. The summed E-state index contributed by atoms with van der Waals surface area (Å²) in [7, 11) is 0. The molecule has 7 nitrogen and oxygen atoms in total. The second-order valence-corrected chi connectivity index (χ2v) is 24.6. The quantitative estimate of drug-likeness (QED) is 0.145. The molecule has 0 N–H and O–H groups in total. The number of fused-ring (bicyclic) bond motifs is 12. The lowest BCUT2D eigenvalue weighted by Gasteiger charge is -2.26. The van der Waals surface area contributed by atoms with Crippen molar-refractivity contribution < 1.29 is 0 Å². The SMILES string of the molecule is c1ccc(-n2c3ccccc3c3cc(N(c4ccc5c(c4)c4ccccc4n5-c4ccccc4-c4nc5ccccc5s4)c4ccc5c(c4)c4ccccc4n5-c4ccccc4-c4nc5ccccc5s4)ccc32)c(-c2nc3ccccc3s2)c1. The van der Waals surface area contributed by atoms with E-state index >= 15 is 0 Å². The lowest BCUT2D eigenvalue weighted by Crippen LogP contribution is -2.10. The summed E-state index contributed by atoms with van der Waals surface area (Å²) in [4.78, 5) is 18.0. The first-order valence-corrected chi connectivity index (χ1v) is 30.9. The van der Waals surface area contributed by atoms with E-state index in [1.807, 2.05) is 0 Å². The van der Waals surface area contributed by atoms with Crippen molar-refractivity contribution in [3.05, 3.63) is 273 Å². The van der Waals surface area contributed by atoms with Crippen LogP contribution < -0.4 is 4.90 Å². The fourth-order valence-corrected chi connectivity index (χ4v) is 16.0. The molecule has 0 unspecified atom stereocenters. The van der Waals surface area contributed by atoms with Gasteiger partial charge in [0.05, 0.1) is 80.8 Å². The molecule has 398 valence electrons. The minimum atomic E-state index is 1.000. The summed E-state index contributed by atoms with van der Waals surface area (Å²) in [6.45, 7) is 0. The fraction of sp³-hybridized carbons (Fsp3) is 0. The minimum absolute atomic E-state index is 1.000. The van der Waals surface area contributed by atoms with E-state index in [-0.39, 0.29) is 0 Å². The van der Waals surface area contributed by atoms with Gasteiger partial charge in [-0.1, -0.05) is 127 Å².